The predicted octanol–water partition coefficient (Wildman–Crippen LogP) is 3.20. The van der Waals surface area contributed by atoms with E-state index in [0.29, 0.717) is 17.0 Å². The molecule has 2 rings (SSSR count). The fourth-order valence-corrected chi connectivity index (χ4v) is 1.96. The van der Waals surface area contributed by atoms with Crippen molar-refractivity contribution >= 4 is 5.78 Å². The first-order valence-corrected chi connectivity index (χ1v) is 6.29. The highest BCUT2D eigenvalue weighted by Gasteiger charge is 2.31. The van der Waals surface area contributed by atoms with E-state index in [0.717, 1.165) is 18.7 Å². The van der Waals surface area contributed by atoms with Crippen LogP contribution in [0, 0.1) is 12.8 Å². The molecule has 0 unspecified atom stereocenters. The molecule has 104 valence electrons. The SMILES string of the molecule is Cc1cc(C(F)(F)F)ccc1C(=O)CNCC1CC1. The Morgan fingerprint density at radius 3 is 2.58 bits per heavy atom. The number of carbonyl (C=O) groups excluding carboxylic acids is 1. The standard InChI is InChI=1S/C14H16F3NO/c1-9-6-11(14(15,16)17)4-5-12(9)13(19)8-18-7-10-2-3-10/h4-6,10,18H,2-3,7-8H2,1H3. The number of ketones is 1. The molecule has 0 amide bonds. The van der Waals surface area contributed by atoms with Gasteiger partial charge in [-0.15, -0.1) is 0 Å². The van der Waals surface area contributed by atoms with Gasteiger partial charge in [-0.1, -0.05) is 6.07 Å². The summed E-state index contributed by atoms with van der Waals surface area (Å²) in [6.45, 7) is 2.53. The second-order valence-corrected chi connectivity index (χ2v) is 5.02. The number of carbonyl (C=O) groups is 1. The zero-order valence-corrected chi connectivity index (χ0v) is 10.7. The van der Waals surface area contributed by atoms with E-state index in [1.165, 1.54) is 25.8 Å². The number of benzene rings is 1. The van der Waals surface area contributed by atoms with Crippen molar-refractivity contribution in [1.82, 2.24) is 5.32 Å². The van der Waals surface area contributed by atoms with Gasteiger partial charge in [0.2, 0.25) is 0 Å². The largest absolute Gasteiger partial charge is 0.416 e. The summed E-state index contributed by atoms with van der Waals surface area (Å²) >= 11 is 0. The third-order valence-corrected chi connectivity index (χ3v) is 3.27. The van der Waals surface area contributed by atoms with Crippen molar-refractivity contribution in [3.8, 4) is 0 Å². The topological polar surface area (TPSA) is 29.1 Å². The fourth-order valence-electron chi connectivity index (χ4n) is 1.96. The van der Waals surface area contributed by atoms with Gasteiger partial charge in [-0.2, -0.15) is 13.2 Å². The van der Waals surface area contributed by atoms with E-state index >= 15 is 0 Å². The summed E-state index contributed by atoms with van der Waals surface area (Å²) < 4.78 is 37.5. The van der Waals surface area contributed by atoms with Crippen LogP contribution in [0.3, 0.4) is 0 Å². The highest BCUT2D eigenvalue weighted by atomic mass is 19.4. The lowest BCUT2D eigenvalue weighted by Gasteiger charge is -2.10. The summed E-state index contributed by atoms with van der Waals surface area (Å²) in [6.07, 6.45) is -1.97. The highest BCUT2D eigenvalue weighted by molar-refractivity contribution is 5.99. The van der Waals surface area contributed by atoms with Gasteiger partial charge in [0.25, 0.3) is 0 Å². The van der Waals surface area contributed by atoms with E-state index in [4.69, 9.17) is 0 Å². The maximum Gasteiger partial charge on any atom is 0.416 e. The van der Waals surface area contributed by atoms with E-state index in [9.17, 15) is 18.0 Å². The predicted molar refractivity (Wildman–Crippen MR) is 66.1 cm³/mol. The van der Waals surface area contributed by atoms with Crippen LogP contribution in [0.1, 0.15) is 34.3 Å². The van der Waals surface area contributed by atoms with Crippen LogP contribution in [0.2, 0.25) is 0 Å². The first-order chi connectivity index (χ1) is 8.88. The number of halogens is 3. The summed E-state index contributed by atoms with van der Waals surface area (Å²) in [5.41, 5.74) is 0.0110. The van der Waals surface area contributed by atoms with Crippen LogP contribution >= 0.6 is 0 Å². The second-order valence-electron chi connectivity index (χ2n) is 5.02. The molecule has 0 spiro atoms. The summed E-state index contributed by atoms with van der Waals surface area (Å²) in [5, 5.41) is 3.05. The number of nitrogens with one attached hydrogen (secondary N) is 1. The third-order valence-electron chi connectivity index (χ3n) is 3.27. The van der Waals surface area contributed by atoms with Crippen molar-refractivity contribution in [1.29, 1.82) is 0 Å². The van der Waals surface area contributed by atoms with Gasteiger partial charge in [0, 0.05) is 5.56 Å². The molecule has 0 radical (unpaired) electrons. The lowest BCUT2D eigenvalue weighted by molar-refractivity contribution is -0.137. The molecule has 1 aromatic rings. The molecule has 1 aliphatic carbocycles. The Kier molecular flexibility index (Phi) is 3.94. The van der Waals surface area contributed by atoms with Crippen LogP contribution in [0.25, 0.3) is 0 Å². The van der Waals surface area contributed by atoms with E-state index < -0.39 is 11.7 Å². The first kappa shape index (κ1) is 14.1. The normalized spacial score (nSPS) is 15.6. The Morgan fingerprint density at radius 1 is 1.37 bits per heavy atom. The Labute approximate surface area is 110 Å². The summed E-state index contributed by atoms with van der Waals surface area (Å²) in [7, 11) is 0. The van der Waals surface area contributed by atoms with Gasteiger partial charge in [-0.3, -0.25) is 4.79 Å². The molecular formula is C14H16F3NO. The maximum absolute atomic E-state index is 12.5. The van der Waals surface area contributed by atoms with Gasteiger partial charge in [-0.25, -0.2) is 0 Å². The van der Waals surface area contributed by atoms with Crippen LogP contribution in [-0.4, -0.2) is 18.9 Å². The Hall–Kier alpha value is -1.36. The van der Waals surface area contributed by atoms with Crippen molar-refractivity contribution < 1.29 is 18.0 Å². The van der Waals surface area contributed by atoms with Crippen LogP contribution in [-0.2, 0) is 6.18 Å². The minimum atomic E-state index is -4.36. The van der Waals surface area contributed by atoms with Gasteiger partial charge in [0.15, 0.2) is 5.78 Å². The molecule has 1 N–H and O–H groups in total. The summed E-state index contributed by atoms with van der Waals surface area (Å²) in [6, 6.07) is 3.24. The van der Waals surface area contributed by atoms with Crippen LogP contribution < -0.4 is 5.32 Å². The van der Waals surface area contributed by atoms with Gasteiger partial charge in [0.1, 0.15) is 0 Å². The number of alkyl halides is 3. The van der Waals surface area contributed by atoms with Crippen molar-refractivity contribution in [3.63, 3.8) is 0 Å². The zero-order chi connectivity index (χ0) is 14.0. The molecule has 1 saturated carbocycles. The number of rotatable bonds is 5. The van der Waals surface area contributed by atoms with E-state index in [2.05, 4.69) is 5.32 Å². The zero-order valence-electron chi connectivity index (χ0n) is 10.7. The molecule has 0 saturated heterocycles. The van der Waals surface area contributed by atoms with Crippen molar-refractivity contribution in [2.45, 2.75) is 25.9 Å². The van der Waals surface area contributed by atoms with Crippen LogP contribution in [0.15, 0.2) is 18.2 Å². The molecule has 0 atom stereocenters. The van der Waals surface area contributed by atoms with Gasteiger partial charge < -0.3 is 5.32 Å². The quantitative estimate of drug-likeness (QED) is 0.833. The van der Waals surface area contributed by atoms with Crippen molar-refractivity contribution in [2.75, 3.05) is 13.1 Å². The van der Waals surface area contributed by atoms with Gasteiger partial charge in [0.05, 0.1) is 12.1 Å². The molecular weight excluding hydrogens is 255 g/mol. The fraction of sp³-hybridized carbons (Fsp3) is 0.500. The van der Waals surface area contributed by atoms with E-state index in [1.807, 2.05) is 0 Å². The molecule has 1 aliphatic rings. The monoisotopic (exact) mass is 271 g/mol. The number of hydrogen-bond acceptors (Lipinski definition) is 2. The second kappa shape index (κ2) is 5.33. The Bertz CT molecular complexity index is 478. The first-order valence-electron chi connectivity index (χ1n) is 6.29. The maximum atomic E-state index is 12.5. The minimum Gasteiger partial charge on any atom is -0.309 e. The molecule has 1 fully saturated rings. The van der Waals surface area contributed by atoms with Crippen molar-refractivity contribution in [3.05, 3.63) is 34.9 Å². The molecule has 19 heavy (non-hydrogen) atoms. The smallest absolute Gasteiger partial charge is 0.309 e. The van der Waals surface area contributed by atoms with Crippen LogP contribution in [0.5, 0.6) is 0 Å². The molecule has 5 heteroatoms. The summed E-state index contributed by atoms with van der Waals surface area (Å²) in [5.74, 6) is 0.508. The average Bonchev–Trinajstić information content (AvgIpc) is 3.11. The molecule has 0 bridgehead atoms. The molecule has 0 aromatic heterocycles. The molecule has 0 aliphatic heterocycles. The van der Waals surface area contributed by atoms with E-state index in [1.54, 1.807) is 0 Å². The Morgan fingerprint density at radius 2 is 2.05 bits per heavy atom. The molecule has 0 heterocycles. The lowest BCUT2D eigenvalue weighted by atomic mass is 10.0. The third kappa shape index (κ3) is 3.80. The highest BCUT2D eigenvalue weighted by Crippen LogP contribution is 2.30. The van der Waals surface area contributed by atoms with Crippen molar-refractivity contribution in [2.24, 2.45) is 5.92 Å². The molecule has 2 nitrogen and oxygen atoms in total. The average molecular weight is 271 g/mol. The number of Topliss-reactive ketones (excluding diaryl/α,β-unsaturated/α-hetero) is 1. The summed E-state index contributed by atoms with van der Waals surface area (Å²) in [4.78, 5) is 11.9. The lowest BCUT2D eigenvalue weighted by Crippen LogP contribution is -2.25. The van der Waals surface area contributed by atoms with Gasteiger partial charge in [-0.05, 0) is 49.9 Å². The van der Waals surface area contributed by atoms with Crippen LogP contribution in [0.4, 0.5) is 13.2 Å². The van der Waals surface area contributed by atoms with E-state index in [-0.39, 0.29) is 12.3 Å². The minimum absolute atomic E-state index is 0.160. The van der Waals surface area contributed by atoms with Gasteiger partial charge >= 0.3 is 6.18 Å². The number of aryl methyl sites for hydroxylation is 1. The Balaban J connectivity index is 2.00. The molecule has 1 aromatic carbocycles. The number of hydrogen-bond donors (Lipinski definition) is 1.